The fourth-order valence-corrected chi connectivity index (χ4v) is 6.71. The van der Waals surface area contributed by atoms with E-state index in [2.05, 4.69) is 51.7 Å². The fourth-order valence-electron chi connectivity index (χ4n) is 6.71. The van der Waals surface area contributed by atoms with Gasteiger partial charge in [-0.05, 0) is 65.3 Å². The topological polar surface area (TPSA) is 83.6 Å². The number of para-hydroxylation sites is 2. The van der Waals surface area contributed by atoms with Crippen LogP contribution < -0.4 is 10.5 Å². The summed E-state index contributed by atoms with van der Waals surface area (Å²) < 4.78 is 5.78. The van der Waals surface area contributed by atoms with Gasteiger partial charge in [0.2, 0.25) is 0 Å². The van der Waals surface area contributed by atoms with E-state index in [-0.39, 0.29) is 27.9 Å². The normalized spacial score (nSPS) is 18.2. The van der Waals surface area contributed by atoms with Crippen molar-refractivity contribution in [1.82, 2.24) is 4.98 Å². The highest BCUT2D eigenvalue weighted by Gasteiger charge is 2.46. The third kappa shape index (κ3) is 4.35. The monoisotopic (exact) mass is 570 g/mol. The molecular weight excluding hydrogens is 536 g/mol. The van der Waals surface area contributed by atoms with Gasteiger partial charge in [0.15, 0.2) is 5.78 Å². The lowest BCUT2D eigenvalue weighted by atomic mass is 9.68. The average Bonchev–Trinajstić information content (AvgIpc) is 2.95. The number of pyridine rings is 1. The number of anilines is 2. The number of aromatic hydroxyl groups is 1. The molecule has 0 saturated carbocycles. The van der Waals surface area contributed by atoms with Crippen molar-refractivity contribution in [3.63, 3.8) is 0 Å². The molecule has 6 heteroatoms. The average molecular weight is 571 g/mol. The Morgan fingerprint density at radius 2 is 1.65 bits per heavy atom. The molecule has 216 valence electrons. The number of carbonyl (C=O) groups excluding carboxylic acids is 1. The van der Waals surface area contributed by atoms with Gasteiger partial charge < -0.3 is 9.52 Å². The van der Waals surface area contributed by atoms with Crippen LogP contribution in [-0.2, 0) is 10.2 Å². The van der Waals surface area contributed by atoms with Crippen LogP contribution in [0.2, 0.25) is 0 Å². The first kappa shape index (κ1) is 27.1. The molecule has 1 aliphatic carbocycles. The highest BCUT2D eigenvalue weighted by Crippen LogP contribution is 2.54. The Hall–Kier alpha value is -4.71. The number of nitrogens with zero attached hydrogens (tertiary/aromatic N) is 2. The maximum atomic E-state index is 14.2. The highest BCUT2D eigenvalue weighted by molar-refractivity contribution is 6.04. The molecule has 0 saturated heterocycles. The first-order valence-corrected chi connectivity index (χ1v) is 14.7. The quantitative estimate of drug-likeness (QED) is 0.215. The van der Waals surface area contributed by atoms with Gasteiger partial charge in [-0.15, -0.1) is 0 Å². The van der Waals surface area contributed by atoms with Gasteiger partial charge in [0.25, 0.3) is 0 Å². The van der Waals surface area contributed by atoms with Crippen molar-refractivity contribution in [2.45, 2.75) is 58.8 Å². The Bertz CT molecular complexity index is 2050. The molecule has 6 nitrogen and oxygen atoms in total. The number of fused-ring (bicyclic) bond motifs is 3. The van der Waals surface area contributed by atoms with Crippen molar-refractivity contribution >= 4 is 39.2 Å². The number of rotatable bonds is 2. The summed E-state index contributed by atoms with van der Waals surface area (Å²) in [7, 11) is 0. The van der Waals surface area contributed by atoms with Gasteiger partial charge in [-0.1, -0.05) is 71.0 Å². The second kappa shape index (κ2) is 9.40. The van der Waals surface area contributed by atoms with Crippen molar-refractivity contribution in [1.29, 1.82) is 0 Å². The predicted octanol–water partition coefficient (Wildman–Crippen LogP) is 8.27. The van der Waals surface area contributed by atoms with E-state index in [1.54, 1.807) is 24.3 Å². The van der Waals surface area contributed by atoms with E-state index in [4.69, 9.17) is 9.40 Å². The van der Waals surface area contributed by atoms with Crippen LogP contribution in [0.25, 0.3) is 21.9 Å². The molecule has 1 N–H and O–H groups in total. The molecular formula is C37H34N2O4. The van der Waals surface area contributed by atoms with Crippen molar-refractivity contribution in [2.75, 3.05) is 4.90 Å². The zero-order valence-electron chi connectivity index (χ0n) is 25.1. The van der Waals surface area contributed by atoms with E-state index in [9.17, 15) is 14.7 Å². The summed E-state index contributed by atoms with van der Waals surface area (Å²) >= 11 is 0. The van der Waals surface area contributed by atoms with Gasteiger partial charge in [-0.25, -0.2) is 9.78 Å². The van der Waals surface area contributed by atoms with Crippen LogP contribution in [0.3, 0.4) is 0 Å². The van der Waals surface area contributed by atoms with Crippen LogP contribution in [-0.4, -0.2) is 15.9 Å². The van der Waals surface area contributed by atoms with E-state index in [0.717, 1.165) is 27.9 Å². The van der Waals surface area contributed by atoms with E-state index in [1.807, 2.05) is 42.5 Å². The van der Waals surface area contributed by atoms with E-state index >= 15 is 0 Å². The molecule has 43 heavy (non-hydrogen) atoms. The Morgan fingerprint density at radius 3 is 2.40 bits per heavy atom. The van der Waals surface area contributed by atoms with E-state index in [0.29, 0.717) is 40.8 Å². The number of hydrogen-bond acceptors (Lipinski definition) is 6. The summed E-state index contributed by atoms with van der Waals surface area (Å²) in [5.74, 6) is -0.407. The zero-order chi connectivity index (χ0) is 30.3. The Kier molecular flexibility index (Phi) is 5.93. The lowest BCUT2D eigenvalue weighted by Gasteiger charge is -2.44. The summed E-state index contributed by atoms with van der Waals surface area (Å²) in [5, 5.41) is 13.0. The molecule has 1 aliphatic heterocycles. The minimum absolute atomic E-state index is 0.0432. The van der Waals surface area contributed by atoms with Crippen LogP contribution >= 0.6 is 0 Å². The van der Waals surface area contributed by atoms with Crippen molar-refractivity contribution in [3.8, 4) is 5.75 Å². The van der Waals surface area contributed by atoms with Crippen LogP contribution in [0, 0.1) is 5.41 Å². The van der Waals surface area contributed by atoms with Crippen molar-refractivity contribution in [2.24, 2.45) is 5.41 Å². The van der Waals surface area contributed by atoms with Crippen LogP contribution in [0.1, 0.15) is 70.1 Å². The second-order valence-electron chi connectivity index (χ2n) is 13.6. The molecule has 3 aromatic carbocycles. The molecule has 5 aromatic rings. The molecule has 0 amide bonds. The number of Topliss-reactive ketones (excluding diaryl/α,β-unsaturated/α-hetero) is 1. The van der Waals surface area contributed by atoms with Crippen molar-refractivity contribution < 1.29 is 14.3 Å². The molecule has 0 radical (unpaired) electrons. The number of benzene rings is 3. The predicted molar refractivity (Wildman–Crippen MR) is 170 cm³/mol. The van der Waals surface area contributed by atoms with Gasteiger partial charge in [0.1, 0.15) is 17.2 Å². The standard InChI is InChI=1S/C37H34N2O4/c1-36(2,3)22-15-16-26-21(17-22)18-25-30(32-33(41)24-13-9-10-14-29(24)43-35(32)42)31-27(19-37(4,5)20-28(31)40)39(34(25)38-26)23-11-7-6-8-12-23/h6-18,30,41H,19-20H2,1-5H3. The molecule has 0 bridgehead atoms. The van der Waals surface area contributed by atoms with E-state index in [1.165, 1.54) is 0 Å². The molecule has 0 spiro atoms. The van der Waals surface area contributed by atoms with E-state index < -0.39 is 11.5 Å². The number of hydrogen-bond donors (Lipinski definition) is 1. The molecule has 3 heterocycles. The molecule has 2 aliphatic rings. The largest absolute Gasteiger partial charge is 0.507 e. The van der Waals surface area contributed by atoms with Gasteiger partial charge >= 0.3 is 5.63 Å². The first-order chi connectivity index (χ1) is 20.4. The smallest absolute Gasteiger partial charge is 0.344 e. The summed E-state index contributed by atoms with van der Waals surface area (Å²) in [6.45, 7) is 10.7. The minimum atomic E-state index is -0.843. The molecule has 2 aromatic heterocycles. The third-order valence-corrected chi connectivity index (χ3v) is 8.79. The highest BCUT2D eigenvalue weighted by atomic mass is 16.4. The third-order valence-electron chi connectivity index (χ3n) is 8.79. The molecule has 1 atom stereocenters. The van der Waals surface area contributed by atoms with Crippen LogP contribution in [0.5, 0.6) is 5.75 Å². The van der Waals surface area contributed by atoms with Gasteiger partial charge in [0, 0.05) is 34.3 Å². The fraction of sp³-hybridized carbons (Fsp3) is 0.270. The Labute approximate surface area is 250 Å². The van der Waals surface area contributed by atoms with Crippen LogP contribution in [0.15, 0.2) is 99.3 Å². The molecule has 1 unspecified atom stereocenters. The number of aromatic nitrogens is 1. The van der Waals surface area contributed by atoms with Crippen molar-refractivity contribution in [3.05, 3.63) is 117 Å². The number of carbonyl (C=O) groups is 1. The SMILES string of the molecule is CC1(C)CC(=O)C2=C(C1)N(c1ccccc1)c1nc3ccc(C(C)(C)C)cc3cc1C2c1c(O)c2ccccc2oc1=O. The van der Waals surface area contributed by atoms with Gasteiger partial charge in [-0.3, -0.25) is 9.69 Å². The zero-order valence-corrected chi connectivity index (χ0v) is 25.1. The summed E-state index contributed by atoms with van der Waals surface area (Å²) in [5.41, 5.74) is 4.17. The van der Waals surface area contributed by atoms with Crippen LogP contribution in [0.4, 0.5) is 11.5 Å². The maximum Gasteiger partial charge on any atom is 0.344 e. The summed E-state index contributed by atoms with van der Waals surface area (Å²) in [4.78, 5) is 35.3. The lowest BCUT2D eigenvalue weighted by molar-refractivity contribution is -0.118. The number of ketones is 1. The van der Waals surface area contributed by atoms with Gasteiger partial charge in [-0.2, -0.15) is 0 Å². The Morgan fingerprint density at radius 1 is 0.930 bits per heavy atom. The first-order valence-electron chi connectivity index (χ1n) is 14.7. The Balaban J connectivity index is 1.62. The summed E-state index contributed by atoms with van der Waals surface area (Å²) in [6, 6.07) is 25.2. The van der Waals surface area contributed by atoms with Gasteiger partial charge in [0.05, 0.1) is 22.4 Å². The maximum absolute atomic E-state index is 14.2. The minimum Gasteiger partial charge on any atom is -0.507 e. The molecule has 7 rings (SSSR count). The number of allylic oxidation sites excluding steroid dienone is 2. The lowest BCUT2D eigenvalue weighted by Crippen LogP contribution is -2.39. The second-order valence-corrected chi connectivity index (χ2v) is 13.6. The molecule has 0 fully saturated rings. The summed E-state index contributed by atoms with van der Waals surface area (Å²) in [6.07, 6.45) is 0.927.